The molecule has 0 radical (unpaired) electrons. The summed E-state index contributed by atoms with van der Waals surface area (Å²) in [4.78, 5) is 0. The molecule has 1 aromatic rings. The Balaban J connectivity index is 1.79. The molecule has 22 heavy (non-hydrogen) atoms. The second-order valence-electron chi connectivity index (χ2n) is 7.92. The van der Waals surface area contributed by atoms with E-state index in [0.29, 0.717) is 12.0 Å². The first kappa shape index (κ1) is 14.8. The number of rotatable bonds is 4. The molecule has 1 nitrogen and oxygen atoms in total. The van der Waals surface area contributed by atoms with Gasteiger partial charge >= 0.3 is 0 Å². The van der Waals surface area contributed by atoms with Crippen LogP contribution in [0.25, 0.3) is 0 Å². The maximum Gasteiger partial charge on any atom is 0.137 e. The zero-order valence-corrected chi connectivity index (χ0v) is 15.0. The molecule has 5 rings (SSSR count). The van der Waals surface area contributed by atoms with Crippen LogP contribution in [0.5, 0.6) is 5.75 Å². The van der Waals surface area contributed by atoms with Gasteiger partial charge in [0.1, 0.15) is 12.4 Å². The van der Waals surface area contributed by atoms with Crippen LogP contribution in [0.2, 0.25) is 0 Å². The number of hydrogen-bond donors (Lipinski definition) is 0. The lowest BCUT2D eigenvalue weighted by Crippen LogP contribution is -2.48. The number of hydrogen-bond acceptors (Lipinski definition) is 1. The minimum atomic E-state index is 0.375. The van der Waals surface area contributed by atoms with E-state index in [1.165, 1.54) is 49.7 Å². The summed E-state index contributed by atoms with van der Waals surface area (Å²) in [7, 11) is 0. The molecule has 0 atom stereocenters. The van der Waals surface area contributed by atoms with Crippen LogP contribution in [0.4, 0.5) is 0 Å². The normalized spacial score (nSPS) is 35.6. The number of ether oxygens (including phenoxy) is 1. The van der Waals surface area contributed by atoms with Crippen LogP contribution >= 0.6 is 15.9 Å². The maximum absolute atomic E-state index is 6.10. The largest absolute Gasteiger partial charge is 0.488 e. The molecule has 0 heterocycles. The van der Waals surface area contributed by atoms with Crippen LogP contribution in [0.15, 0.2) is 29.3 Å². The van der Waals surface area contributed by atoms with Gasteiger partial charge in [0.15, 0.2) is 0 Å². The van der Waals surface area contributed by atoms with Gasteiger partial charge in [0.2, 0.25) is 0 Å². The van der Waals surface area contributed by atoms with Crippen molar-refractivity contribution >= 4 is 15.9 Å². The van der Waals surface area contributed by atoms with Crippen molar-refractivity contribution in [3.05, 3.63) is 40.4 Å². The summed E-state index contributed by atoms with van der Waals surface area (Å²) < 4.78 is 7.21. The first-order chi connectivity index (χ1) is 10.6. The second kappa shape index (κ2) is 5.40. The summed E-state index contributed by atoms with van der Waals surface area (Å²) in [6, 6.07) is 4.58. The molecular weight excluding hydrogens is 336 g/mol. The van der Waals surface area contributed by atoms with E-state index >= 15 is 0 Å². The lowest BCUT2D eigenvalue weighted by Gasteiger charge is -2.57. The fraction of sp³-hybridized carbons (Fsp3) is 0.600. The van der Waals surface area contributed by atoms with E-state index in [4.69, 9.17) is 4.74 Å². The minimum Gasteiger partial charge on any atom is -0.488 e. The lowest BCUT2D eigenvalue weighted by molar-refractivity contribution is -0.00634. The van der Waals surface area contributed by atoms with E-state index in [-0.39, 0.29) is 0 Å². The average Bonchev–Trinajstić information content (AvgIpc) is 2.44. The minimum absolute atomic E-state index is 0.375. The fourth-order valence-electron chi connectivity index (χ4n) is 5.85. The Bertz CT molecular complexity index is 569. The van der Waals surface area contributed by atoms with Crippen molar-refractivity contribution in [2.75, 3.05) is 6.61 Å². The molecular formula is C20H25BrO. The van der Waals surface area contributed by atoms with Gasteiger partial charge in [-0.3, -0.25) is 0 Å². The number of halogens is 1. The third-order valence-corrected chi connectivity index (χ3v) is 6.73. The van der Waals surface area contributed by atoms with E-state index in [2.05, 4.69) is 41.6 Å². The van der Waals surface area contributed by atoms with Gasteiger partial charge in [-0.2, -0.15) is 0 Å². The zero-order chi connectivity index (χ0) is 15.3. The maximum atomic E-state index is 6.10. The molecule has 1 aromatic carbocycles. The van der Waals surface area contributed by atoms with Gasteiger partial charge in [-0.25, -0.2) is 0 Å². The van der Waals surface area contributed by atoms with E-state index in [0.717, 1.165) is 28.0 Å². The van der Waals surface area contributed by atoms with Crippen molar-refractivity contribution < 1.29 is 4.74 Å². The molecule has 0 saturated heterocycles. The Morgan fingerprint density at radius 3 is 2.32 bits per heavy atom. The molecule has 0 unspecified atom stereocenters. The van der Waals surface area contributed by atoms with Gasteiger partial charge in [0.05, 0.1) is 4.47 Å². The van der Waals surface area contributed by atoms with Crippen molar-refractivity contribution in [3.8, 4) is 5.75 Å². The van der Waals surface area contributed by atoms with Crippen molar-refractivity contribution in [3.63, 3.8) is 0 Å². The molecule has 4 fully saturated rings. The van der Waals surface area contributed by atoms with Crippen LogP contribution in [-0.2, 0) is 5.41 Å². The predicted octanol–water partition coefficient (Wildman–Crippen LogP) is 5.79. The van der Waals surface area contributed by atoms with Crippen molar-refractivity contribution in [2.24, 2.45) is 17.8 Å². The molecule has 0 spiro atoms. The summed E-state index contributed by atoms with van der Waals surface area (Å²) in [5.74, 6) is 3.95. The van der Waals surface area contributed by atoms with E-state index in [9.17, 15) is 0 Å². The van der Waals surface area contributed by atoms with E-state index in [1.54, 1.807) is 0 Å². The first-order valence-electron chi connectivity index (χ1n) is 8.64. The fourth-order valence-corrected chi connectivity index (χ4v) is 6.54. The predicted molar refractivity (Wildman–Crippen MR) is 94.4 cm³/mol. The highest BCUT2D eigenvalue weighted by molar-refractivity contribution is 9.10. The molecule has 0 N–H and O–H groups in total. The van der Waals surface area contributed by atoms with Crippen molar-refractivity contribution in [1.29, 1.82) is 0 Å². The lowest BCUT2D eigenvalue weighted by atomic mass is 9.48. The summed E-state index contributed by atoms with van der Waals surface area (Å²) in [6.07, 6.45) is 10.4. The third-order valence-electron chi connectivity index (χ3n) is 6.14. The summed E-state index contributed by atoms with van der Waals surface area (Å²) in [6.45, 7) is 6.59. The molecule has 4 aliphatic carbocycles. The summed E-state index contributed by atoms with van der Waals surface area (Å²) in [5, 5.41) is 0. The van der Waals surface area contributed by atoms with Crippen molar-refractivity contribution in [1.82, 2.24) is 0 Å². The smallest absolute Gasteiger partial charge is 0.137 e. The molecule has 4 aliphatic rings. The highest BCUT2D eigenvalue weighted by Gasteiger charge is 2.52. The van der Waals surface area contributed by atoms with Crippen LogP contribution in [-0.4, -0.2) is 6.61 Å². The van der Waals surface area contributed by atoms with E-state index in [1.807, 2.05) is 6.08 Å². The van der Waals surface area contributed by atoms with Crippen molar-refractivity contribution in [2.45, 2.75) is 50.9 Å². The van der Waals surface area contributed by atoms with Gasteiger partial charge in [-0.1, -0.05) is 18.7 Å². The highest BCUT2D eigenvalue weighted by Crippen LogP contribution is 2.62. The molecule has 4 bridgehead atoms. The topological polar surface area (TPSA) is 9.23 Å². The third kappa shape index (κ3) is 2.35. The van der Waals surface area contributed by atoms with Gasteiger partial charge in [0, 0.05) is 5.56 Å². The Kier molecular flexibility index (Phi) is 3.64. The highest BCUT2D eigenvalue weighted by atomic mass is 79.9. The molecule has 118 valence electrons. The Hall–Kier alpha value is -0.760. The Morgan fingerprint density at radius 1 is 1.18 bits per heavy atom. The van der Waals surface area contributed by atoms with Crippen LogP contribution < -0.4 is 4.74 Å². The van der Waals surface area contributed by atoms with Crippen LogP contribution in [0, 0.1) is 24.7 Å². The molecule has 0 aliphatic heterocycles. The molecule has 0 aromatic heterocycles. The first-order valence-corrected chi connectivity index (χ1v) is 9.43. The molecule has 4 saturated carbocycles. The Labute approximate surface area is 142 Å². The van der Waals surface area contributed by atoms with Gasteiger partial charge in [-0.05, 0) is 96.2 Å². The standard InChI is InChI=1S/C20H25BrO/c1-3-4-22-19-17(5-13(2)6-18(19)21)20-10-14-7-15(11-20)9-16(8-14)12-20/h3,5-6,14-16H,1,4,7-12H2,2H3. The summed E-state index contributed by atoms with van der Waals surface area (Å²) in [5.41, 5.74) is 3.18. The second-order valence-corrected chi connectivity index (χ2v) is 8.78. The molecule has 0 amide bonds. The zero-order valence-electron chi connectivity index (χ0n) is 13.4. The van der Waals surface area contributed by atoms with Crippen LogP contribution in [0.3, 0.4) is 0 Å². The average molecular weight is 361 g/mol. The van der Waals surface area contributed by atoms with Gasteiger partial charge in [0.25, 0.3) is 0 Å². The van der Waals surface area contributed by atoms with Gasteiger partial charge in [-0.15, -0.1) is 0 Å². The SMILES string of the molecule is C=CCOc1c(Br)cc(C)cc1C12CC3CC(CC(C3)C1)C2. The molecule has 2 heteroatoms. The van der Waals surface area contributed by atoms with Gasteiger partial charge < -0.3 is 4.74 Å². The summed E-state index contributed by atoms with van der Waals surface area (Å²) >= 11 is 3.75. The number of aryl methyl sites for hydroxylation is 1. The monoisotopic (exact) mass is 360 g/mol. The van der Waals surface area contributed by atoms with E-state index < -0.39 is 0 Å². The Morgan fingerprint density at radius 2 is 1.77 bits per heavy atom. The van der Waals surface area contributed by atoms with Crippen LogP contribution in [0.1, 0.15) is 49.7 Å². The number of benzene rings is 1. The quantitative estimate of drug-likeness (QED) is 0.617.